The zero-order valence-electron chi connectivity index (χ0n) is 11.7. The monoisotopic (exact) mass is 239 g/mol. The molecule has 1 rings (SSSR count). The summed E-state index contributed by atoms with van der Waals surface area (Å²) in [7, 11) is 1.80. The smallest absolute Gasteiger partial charge is 0.174 e. The van der Waals surface area contributed by atoms with E-state index in [0.29, 0.717) is 6.04 Å². The molecule has 1 atom stereocenters. The molecule has 1 heterocycles. The molecule has 98 valence electrons. The molecule has 0 radical (unpaired) electrons. The Morgan fingerprint density at radius 1 is 1.35 bits per heavy atom. The van der Waals surface area contributed by atoms with Gasteiger partial charge in [0.1, 0.15) is 0 Å². The van der Waals surface area contributed by atoms with Gasteiger partial charge in [0.2, 0.25) is 0 Å². The summed E-state index contributed by atoms with van der Waals surface area (Å²) >= 11 is 0. The van der Waals surface area contributed by atoms with Gasteiger partial charge >= 0.3 is 0 Å². The molecule has 17 heavy (non-hydrogen) atoms. The van der Waals surface area contributed by atoms with Crippen LogP contribution in [0, 0.1) is 5.41 Å². The van der Waals surface area contributed by atoms with Gasteiger partial charge in [-0.25, -0.2) is 0 Å². The molecule has 1 aromatic heterocycles. The lowest BCUT2D eigenvalue weighted by Gasteiger charge is -2.31. The van der Waals surface area contributed by atoms with Crippen molar-refractivity contribution in [2.45, 2.75) is 53.0 Å². The van der Waals surface area contributed by atoms with Crippen LogP contribution in [-0.4, -0.2) is 32.8 Å². The molecule has 1 N–H and O–H groups in total. The van der Waals surface area contributed by atoms with Crippen LogP contribution >= 0.6 is 0 Å². The molecule has 0 saturated heterocycles. The zero-order chi connectivity index (χ0) is 12.9. The Kier molecular flexibility index (Phi) is 5.05. The van der Waals surface area contributed by atoms with E-state index in [1.807, 2.05) is 0 Å². The highest BCUT2D eigenvalue weighted by Crippen LogP contribution is 2.22. The summed E-state index contributed by atoms with van der Waals surface area (Å²) in [5, 5.41) is 15.7. The summed E-state index contributed by atoms with van der Waals surface area (Å²) in [5.41, 5.74) is 0.261. The van der Waals surface area contributed by atoms with Crippen LogP contribution in [0.15, 0.2) is 0 Å². The van der Waals surface area contributed by atoms with Crippen LogP contribution in [0.4, 0.5) is 0 Å². The molecule has 1 aromatic rings. The van der Waals surface area contributed by atoms with Crippen molar-refractivity contribution in [2.24, 2.45) is 12.5 Å². The van der Waals surface area contributed by atoms with Gasteiger partial charge in [-0.1, -0.05) is 27.7 Å². The highest BCUT2D eigenvalue weighted by molar-refractivity contribution is 4.85. The van der Waals surface area contributed by atoms with Gasteiger partial charge in [0.05, 0.1) is 7.05 Å². The molecule has 5 nitrogen and oxygen atoms in total. The Balaban J connectivity index is 2.49. The highest BCUT2D eigenvalue weighted by Gasteiger charge is 2.23. The van der Waals surface area contributed by atoms with Gasteiger partial charge in [0.25, 0.3) is 0 Å². The Bertz CT molecular complexity index is 326. The second-order valence-corrected chi connectivity index (χ2v) is 5.61. The van der Waals surface area contributed by atoms with Crippen molar-refractivity contribution in [3.8, 4) is 0 Å². The Morgan fingerprint density at radius 2 is 2.06 bits per heavy atom. The van der Waals surface area contributed by atoms with Crippen LogP contribution in [0.25, 0.3) is 0 Å². The third kappa shape index (κ3) is 4.81. The largest absolute Gasteiger partial charge is 0.313 e. The summed E-state index contributed by atoms with van der Waals surface area (Å²) in [5.74, 6) is 0.833. The molecule has 0 aliphatic heterocycles. The van der Waals surface area contributed by atoms with Crippen LogP contribution < -0.4 is 5.32 Å². The van der Waals surface area contributed by atoms with Crippen molar-refractivity contribution < 1.29 is 0 Å². The topological polar surface area (TPSA) is 55.6 Å². The minimum absolute atomic E-state index is 0.261. The SMILES string of the molecule is CCCNC(CCc1nnn(C)n1)C(C)(C)C. The Morgan fingerprint density at radius 3 is 2.53 bits per heavy atom. The summed E-state index contributed by atoms with van der Waals surface area (Å²) in [6.07, 6.45) is 3.09. The summed E-state index contributed by atoms with van der Waals surface area (Å²) in [6.45, 7) is 10.1. The quantitative estimate of drug-likeness (QED) is 0.818. The predicted octanol–water partition coefficient (Wildman–Crippen LogP) is 1.56. The van der Waals surface area contributed by atoms with Crippen LogP contribution in [0.1, 0.15) is 46.4 Å². The summed E-state index contributed by atoms with van der Waals surface area (Å²) in [4.78, 5) is 1.51. The van der Waals surface area contributed by atoms with Gasteiger partial charge in [-0.05, 0) is 30.0 Å². The van der Waals surface area contributed by atoms with E-state index in [2.05, 4.69) is 48.4 Å². The van der Waals surface area contributed by atoms with Gasteiger partial charge in [-0.2, -0.15) is 4.80 Å². The van der Waals surface area contributed by atoms with E-state index in [4.69, 9.17) is 0 Å². The number of hydrogen-bond donors (Lipinski definition) is 1. The van der Waals surface area contributed by atoms with Crippen molar-refractivity contribution in [3.05, 3.63) is 5.82 Å². The second-order valence-electron chi connectivity index (χ2n) is 5.61. The van der Waals surface area contributed by atoms with Crippen molar-refractivity contribution >= 4 is 0 Å². The number of nitrogens with one attached hydrogen (secondary N) is 1. The normalized spacial score (nSPS) is 13.9. The fourth-order valence-corrected chi connectivity index (χ4v) is 1.86. The van der Waals surface area contributed by atoms with Crippen LogP contribution in [-0.2, 0) is 13.5 Å². The molecule has 0 aliphatic rings. The highest BCUT2D eigenvalue weighted by atomic mass is 15.6. The van der Waals surface area contributed by atoms with Crippen LogP contribution in [0.2, 0.25) is 0 Å². The minimum atomic E-state index is 0.261. The first-order chi connectivity index (χ1) is 7.93. The van der Waals surface area contributed by atoms with E-state index < -0.39 is 0 Å². The molecule has 0 aliphatic carbocycles. The van der Waals surface area contributed by atoms with Gasteiger partial charge < -0.3 is 5.32 Å². The van der Waals surface area contributed by atoms with Crippen LogP contribution in [0.3, 0.4) is 0 Å². The average Bonchev–Trinajstić information content (AvgIpc) is 2.62. The van der Waals surface area contributed by atoms with Crippen molar-refractivity contribution in [1.82, 2.24) is 25.5 Å². The first-order valence-electron chi connectivity index (χ1n) is 6.39. The minimum Gasteiger partial charge on any atom is -0.313 e. The number of hydrogen-bond acceptors (Lipinski definition) is 4. The average molecular weight is 239 g/mol. The molecule has 0 aromatic carbocycles. The molecule has 1 unspecified atom stereocenters. The molecule has 0 amide bonds. The van der Waals surface area contributed by atoms with E-state index >= 15 is 0 Å². The van der Waals surface area contributed by atoms with E-state index in [9.17, 15) is 0 Å². The fraction of sp³-hybridized carbons (Fsp3) is 0.917. The maximum Gasteiger partial charge on any atom is 0.174 e. The number of aromatic nitrogens is 4. The van der Waals surface area contributed by atoms with E-state index in [0.717, 1.165) is 31.6 Å². The lowest BCUT2D eigenvalue weighted by atomic mass is 9.84. The molecule has 0 fully saturated rings. The molecule has 0 bridgehead atoms. The number of nitrogens with zero attached hydrogens (tertiary/aromatic N) is 4. The van der Waals surface area contributed by atoms with E-state index in [1.165, 1.54) is 4.80 Å². The molecule has 5 heteroatoms. The molecular formula is C12H25N5. The third-order valence-electron chi connectivity index (χ3n) is 2.89. The molecule has 0 saturated carbocycles. The first-order valence-corrected chi connectivity index (χ1v) is 6.39. The third-order valence-corrected chi connectivity index (χ3v) is 2.89. The van der Waals surface area contributed by atoms with Gasteiger partial charge in [-0.3, -0.25) is 0 Å². The molecular weight excluding hydrogens is 214 g/mol. The number of aryl methyl sites for hydroxylation is 2. The van der Waals surface area contributed by atoms with E-state index in [1.54, 1.807) is 7.05 Å². The first kappa shape index (κ1) is 14.1. The Hall–Kier alpha value is -0.970. The summed E-state index contributed by atoms with van der Waals surface area (Å²) in [6, 6.07) is 0.492. The van der Waals surface area contributed by atoms with Gasteiger partial charge in [-0.15, -0.1) is 10.2 Å². The predicted molar refractivity (Wildman–Crippen MR) is 68.7 cm³/mol. The maximum absolute atomic E-state index is 4.21. The standard InChI is InChI=1S/C12H25N5/c1-6-9-13-10(12(2,3)4)7-8-11-14-16-17(5)15-11/h10,13H,6-9H2,1-5H3. The fourth-order valence-electron chi connectivity index (χ4n) is 1.86. The Labute approximate surface area is 104 Å². The maximum atomic E-state index is 4.21. The molecule has 0 spiro atoms. The lowest BCUT2D eigenvalue weighted by Crippen LogP contribution is -2.41. The van der Waals surface area contributed by atoms with Crippen molar-refractivity contribution in [3.63, 3.8) is 0 Å². The number of rotatable bonds is 6. The second kappa shape index (κ2) is 6.10. The van der Waals surface area contributed by atoms with Gasteiger partial charge in [0.15, 0.2) is 5.82 Å². The summed E-state index contributed by atoms with van der Waals surface area (Å²) < 4.78 is 0. The lowest BCUT2D eigenvalue weighted by molar-refractivity contribution is 0.254. The zero-order valence-corrected chi connectivity index (χ0v) is 11.7. The number of tetrazole rings is 1. The van der Waals surface area contributed by atoms with Crippen molar-refractivity contribution in [1.29, 1.82) is 0 Å². The van der Waals surface area contributed by atoms with Crippen molar-refractivity contribution in [2.75, 3.05) is 6.54 Å². The van der Waals surface area contributed by atoms with Crippen LogP contribution in [0.5, 0.6) is 0 Å². The van der Waals surface area contributed by atoms with Gasteiger partial charge in [0, 0.05) is 12.5 Å². The van der Waals surface area contributed by atoms with E-state index in [-0.39, 0.29) is 5.41 Å².